The van der Waals surface area contributed by atoms with Crippen molar-refractivity contribution in [3.05, 3.63) is 0 Å². The minimum absolute atomic E-state index is 0.106. The molecule has 0 saturated heterocycles. The van der Waals surface area contributed by atoms with Crippen LogP contribution in [0.5, 0.6) is 0 Å². The molecule has 0 aromatic rings. The Morgan fingerprint density at radius 3 is 0.756 bits per heavy atom. The molecule has 0 aliphatic heterocycles. The highest BCUT2D eigenvalue weighted by atomic mass is 31.2. The first kappa shape index (κ1) is 88.1. The summed E-state index contributed by atoms with van der Waals surface area (Å²) in [5.74, 6) is -1.36. The molecule has 5 atom stereocenters. The first-order valence-electron chi connectivity index (χ1n) is 37.1. The van der Waals surface area contributed by atoms with Gasteiger partial charge in [-0.15, -0.1) is 0 Å². The summed E-state index contributed by atoms with van der Waals surface area (Å²) in [6.45, 7) is 7.20. The first-order chi connectivity index (χ1) is 43.5. The van der Waals surface area contributed by atoms with E-state index in [0.717, 1.165) is 109 Å². The number of ether oxygens (including phenoxy) is 4. The standard InChI is InChI=1S/C71H138O17P2/c1-6-9-12-15-18-20-21-22-23-24-25-26-27-28-29-32-37-42-47-52-57-71(76)88-67(61-82-69(74)55-50-45-40-36-33-30-31-35-39-43-48-53-64(4)5)63-86-90(79,80)84-59-65(72)58-83-89(77,78)85-62-66(60-81-68(73)54-49-44-38-17-14-11-8-3)87-70(75)56-51-46-41-34-19-16-13-10-7-2/h64-67,72H,6-63H2,1-5H3,(H,77,78)(H,79,80)/t65-,66+,67+/m0/s1. The normalized spacial score (nSPS) is 14.1. The van der Waals surface area contributed by atoms with Crippen molar-refractivity contribution in [3.63, 3.8) is 0 Å². The van der Waals surface area contributed by atoms with Crippen LogP contribution in [0.4, 0.5) is 0 Å². The number of phosphoric acid groups is 2. The van der Waals surface area contributed by atoms with E-state index in [9.17, 15) is 43.2 Å². The van der Waals surface area contributed by atoms with Crippen LogP contribution in [0.25, 0.3) is 0 Å². The van der Waals surface area contributed by atoms with Gasteiger partial charge in [0.2, 0.25) is 0 Å². The van der Waals surface area contributed by atoms with E-state index in [0.29, 0.717) is 25.7 Å². The minimum atomic E-state index is -4.95. The lowest BCUT2D eigenvalue weighted by Crippen LogP contribution is -2.30. The zero-order valence-corrected chi connectivity index (χ0v) is 60.1. The number of phosphoric ester groups is 2. The number of carbonyl (C=O) groups is 4. The molecular weight excluding hydrogens is 1190 g/mol. The molecule has 0 radical (unpaired) electrons. The number of rotatable bonds is 71. The summed E-state index contributed by atoms with van der Waals surface area (Å²) in [6, 6.07) is 0. The summed E-state index contributed by atoms with van der Waals surface area (Å²) in [6.07, 6.45) is 51.6. The molecule has 0 bridgehead atoms. The number of aliphatic hydroxyl groups excluding tert-OH is 1. The van der Waals surface area contributed by atoms with Crippen LogP contribution in [0, 0.1) is 5.92 Å². The fourth-order valence-corrected chi connectivity index (χ4v) is 12.4. The molecule has 0 saturated carbocycles. The van der Waals surface area contributed by atoms with Crippen LogP contribution in [-0.4, -0.2) is 96.7 Å². The number of aliphatic hydroxyl groups is 1. The van der Waals surface area contributed by atoms with Gasteiger partial charge < -0.3 is 33.8 Å². The van der Waals surface area contributed by atoms with Gasteiger partial charge in [-0.1, -0.05) is 317 Å². The van der Waals surface area contributed by atoms with Crippen LogP contribution < -0.4 is 0 Å². The van der Waals surface area contributed by atoms with E-state index in [1.54, 1.807) is 0 Å². The maximum Gasteiger partial charge on any atom is 0.472 e. The number of unbranched alkanes of at least 4 members (excludes halogenated alkanes) is 43. The number of carbonyl (C=O) groups excluding carboxylic acids is 4. The van der Waals surface area contributed by atoms with E-state index in [1.165, 1.54) is 180 Å². The Hall–Kier alpha value is -1.94. The van der Waals surface area contributed by atoms with Gasteiger partial charge in [-0.3, -0.25) is 37.3 Å². The largest absolute Gasteiger partial charge is 0.472 e. The van der Waals surface area contributed by atoms with Gasteiger partial charge in [-0.05, 0) is 31.6 Å². The predicted molar refractivity (Wildman–Crippen MR) is 363 cm³/mol. The Bertz CT molecular complexity index is 1740. The summed E-state index contributed by atoms with van der Waals surface area (Å²) in [4.78, 5) is 72.4. The van der Waals surface area contributed by atoms with Crippen LogP contribution in [0.2, 0.25) is 0 Å². The van der Waals surface area contributed by atoms with Gasteiger partial charge in [0.1, 0.15) is 19.3 Å². The fourth-order valence-electron chi connectivity index (χ4n) is 10.8. The van der Waals surface area contributed by atoms with Gasteiger partial charge in [0, 0.05) is 25.7 Å². The van der Waals surface area contributed by atoms with Crippen molar-refractivity contribution in [1.29, 1.82) is 0 Å². The monoisotopic (exact) mass is 1320 g/mol. The Labute approximate surface area is 549 Å². The second-order valence-electron chi connectivity index (χ2n) is 26.1. The average molecular weight is 1330 g/mol. The third-order valence-electron chi connectivity index (χ3n) is 16.5. The maximum absolute atomic E-state index is 13.0. The molecule has 17 nitrogen and oxygen atoms in total. The molecule has 19 heteroatoms. The van der Waals surface area contributed by atoms with Crippen molar-refractivity contribution in [1.82, 2.24) is 0 Å². The Kier molecular flexibility index (Phi) is 63.0. The summed E-state index contributed by atoms with van der Waals surface area (Å²) in [7, 11) is -9.89. The molecule has 0 fully saturated rings. The summed E-state index contributed by atoms with van der Waals surface area (Å²) < 4.78 is 68.1. The van der Waals surface area contributed by atoms with Crippen LogP contribution in [0.3, 0.4) is 0 Å². The smallest absolute Gasteiger partial charge is 0.462 e. The third kappa shape index (κ3) is 64.8. The van der Waals surface area contributed by atoms with E-state index in [-0.39, 0.29) is 25.7 Å². The van der Waals surface area contributed by atoms with Gasteiger partial charge >= 0.3 is 39.5 Å². The van der Waals surface area contributed by atoms with Gasteiger partial charge in [0.25, 0.3) is 0 Å². The second-order valence-corrected chi connectivity index (χ2v) is 29.0. The lowest BCUT2D eigenvalue weighted by molar-refractivity contribution is -0.161. The third-order valence-corrected chi connectivity index (χ3v) is 18.4. The first-order valence-corrected chi connectivity index (χ1v) is 40.1. The minimum Gasteiger partial charge on any atom is -0.462 e. The van der Waals surface area contributed by atoms with E-state index >= 15 is 0 Å². The summed E-state index contributed by atoms with van der Waals surface area (Å²) in [5, 5.41) is 10.6. The number of hydrogen-bond donors (Lipinski definition) is 3. The molecule has 0 rings (SSSR count). The molecule has 90 heavy (non-hydrogen) atoms. The van der Waals surface area contributed by atoms with Crippen molar-refractivity contribution in [2.45, 2.75) is 387 Å². The Morgan fingerprint density at radius 1 is 0.300 bits per heavy atom. The zero-order chi connectivity index (χ0) is 66.3. The molecule has 0 amide bonds. The van der Waals surface area contributed by atoms with Crippen LogP contribution in [-0.2, 0) is 65.4 Å². The van der Waals surface area contributed by atoms with Gasteiger partial charge in [0.15, 0.2) is 12.2 Å². The van der Waals surface area contributed by atoms with Crippen molar-refractivity contribution in [3.8, 4) is 0 Å². The molecular formula is C71H138O17P2. The lowest BCUT2D eigenvalue weighted by atomic mass is 10.0. The SMILES string of the molecule is CCCCCCCCCCCCCCCCCCCCCCC(=O)O[C@H](COC(=O)CCCCCCCCCCCCCC(C)C)COP(=O)(O)OC[C@@H](O)COP(=O)(O)OC[C@@H](COC(=O)CCCCCCCCC)OC(=O)CCCCCCCCCCC. The fraction of sp³-hybridized carbons (Fsp3) is 0.944. The molecule has 0 aliphatic rings. The predicted octanol–water partition coefficient (Wildman–Crippen LogP) is 20.5. The van der Waals surface area contributed by atoms with Crippen molar-refractivity contribution < 1.29 is 80.2 Å². The second kappa shape index (κ2) is 64.4. The number of hydrogen-bond acceptors (Lipinski definition) is 15. The summed E-state index contributed by atoms with van der Waals surface area (Å²) >= 11 is 0. The van der Waals surface area contributed by atoms with Crippen molar-refractivity contribution >= 4 is 39.5 Å². The van der Waals surface area contributed by atoms with E-state index < -0.39 is 97.5 Å². The highest BCUT2D eigenvalue weighted by Crippen LogP contribution is 2.45. The molecule has 534 valence electrons. The molecule has 3 N–H and O–H groups in total. The zero-order valence-electron chi connectivity index (χ0n) is 58.3. The Morgan fingerprint density at radius 2 is 0.511 bits per heavy atom. The van der Waals surface area contributed by atoms with E-state index in [1.807, 2.05) is 0 Å². The molecule has 0 aromatic heterocycles. The van der Waals surface area contributed by atoms with Gasteiger partial charge in [-0.2, -0.15) is 0 Å². The highest BCUT2D eigenvalue weighted by molar-refractivity contribution is 7.47. The van der Waals surface area contributed by atoms with Gasteiger partial charge in [-0.25, -0.2) is 9.13 Å². The van der Waals surface area contributed by atoms with E-state index in [2.05, 4.69) is 34.6 Å². The quantitative estimate of drug-likeness (QED) is 0.0222. The van der Waals surface area contributed by atoms with Crippen LogP contribution in [0.1, 0.15) is 369 Å². The van der Waals surface area contributed by atoms with Crippen molar-refractivity contribution in [2.24, 2.45) is 5.92 Å². The molecule has 0 aliphatic carbocycles. The molecule has 0 heterocycles. The number of esters is 4. The lowest BCUT2D eigenvalue weighted by Gasteiger charge is -2.21. The molecule has 0 aromatic carbocycles. The highest BCUT2D eigenvalue weighted by Gasteiger charge is 2.30. The van der Waals surface area contributed by atoms with Crippen LogP contribution in [0.15, 0.2) is 0 Å². The Balaban J connectivity index is 5.15. The molecule has 0 spiro atoms. The maximum atomic E-state index is 13.0. The van der Waals surface area contributed by atoms with Gasteiger partial charge in [0.05, 0.1) is 26.4 Å². The average Bonchev–Trinajstić information content (AvgIpc) is 3.06. The summed E-state index contributed by atoms with van der Waals surface area (Å²) in [5.41, 5.74) is 0. The van der Waals surface area contributed by atoms with Crippen molar-refractivity contribution in [2.75, 3.05) is 39.6 Å². The topological polar surface area (TPSA) is 237 Å². The van der Waals surface area contributed by atoms with E-state index in [4.69, 9.17) is 37.0 Å². The van der Waals surface area contributed by atoms with Crippen LogP contribution >= 0.6 is 15.6 Å². The molecule has 2 unspecified atom stereocenters.